The van der Waals surface area contributed by atoms with Crippen molar-refractivity contribution in [3.05, 3.63) is 226 Å². The molecule has 2 aliphatic rings. The summed E-state index contributed by atoms with van der Waals surface area (Å²) in [5.41, 5.74) is 7.25. The maximum Gasteiger partial charge on any atom is 0.417 e. The Hall–Kier alpha value is -10.8. The molecule has 0 atom stereocenters. The lowest BCUT2D eigenvalue weighted by Crippen LogP contribution is -2.38. The smallest absolute Gasteiger partial charge is 0.417 e. The quantitative estimate of drug-likeness (QED) is 0.117. The van der Waals surface area contributed by atoms with Gasteiger partial charge in [0, 0.05) is 47.5 Å². The van der Waals surface area contributed by atoms with E-state index in [1.807, 2.05) is 92.7 Å². The molecule has 2 saturated carbocycles. The van der Waals surface area contributed by atoms with E-state index in [1.165, 1.54) is 71.9 Å². The third kappa shape index (κ3) is 13.1. The maximum atomic E-state index is 14.2. The zero-order valence-electron chi connectivity index (χ0n) is 52.6. The Kier molecular flexibility index (Phi) is 16.8. The molecule has 0 saturated heterocycles. The number of aromatic nitrogens is 6. The molecule has 4 aromatic heterocycles. The van der Waals surface area contributed by atoms with Gasteiger partial charge in [-0.3, -0.25) is 19.2 Å². The van der Waals surface area contributed by atoms with Gasteiger partial charge >= 0.3 is 12.2 Å². The summed E-state index contributed by atoms with van der Waals surface area (Å²) in [6.07, 6.45) is 4.94. The molecule has 10 aromatic rings. The van der Waals surface area contributed by atoms with E-state index in [0.29, 0.717) is 50.0 Å². The zero-order valence-corrected chi connectivity index (χ0v) is 52.6. The van der Waals surface area contributed by atoms with E-state index in [4.69, 9.17) is 9.47 Å². The van der Waals surface area contributed by atoms with Crippen molar-refractivity contribution in [2.75, 3.05) is 14.1 Å². The van der Waals surface area contributed by atoms with E-state index >= 15 is 0 Å². The van der Waals surface area contributed by atoms with Crippen LogP contribution in [0.2, 0.25) is 0 Å². The highest BCUT2D eigenvalue weighted by Crippen LogP contribution is 2.47. The minimum Gasteiger partial charge on any atom is -0.443 e. The van der Waals surface area contributed by atoms with Gasteiger partial charge in [-0.25, -0.2) is 28.2 Å². The number of hydrogen-bond acceptors (Lipinski definition) is 12. The Morgan fingerprint density at radius 1 is 0.500 bits per heavy atom. The Bertz CT molecular complexity index is 4530. The molecule has 0 unspecified atom stereocenters. The topological polar surface area (TPSA) is 212 Å². The molecule has 0 spiro atoms. The largest absolute Gasteiger partial charge is 0.443 e. The summed E-state index contributed by atoms with van der Waals surface area (Å²) in [6.45, 7) is 14.1. The van der Waals surface area contributed by atoms with Crippen LogP contribution in [0.3, 0.4) is 0 Å². The lowest BCUT2D eigenvalue weighted by Gasteiger charge is -2.23. The van der Waals surface area contributed by atoms with Crippen LogP contribution in [-0.2, 0) is 20.6 Å². The second-order valence-corrected chi connectivity index (χ2v) is 25.2. The summed E-state index contributed by atoms with van der Waals surface area (Å²) in [4.78, 5) is 82.9. The molecule has 92 heavy (non-hydrogen) atoms. The lowest BCUT2D eigenvalue weighted by atomic mass is 9.95. The normalized spacial score (nSPS) is 13.7. The number of carbonyl (C=O) groups is 6. The van der Waals surface area contributed by atoms with E-state index < -0.39 is 52.4 Å². The highest BCUT2D eigenvalue weighted by atomic mass is 19.1. The van der Waals surface area contributed by atoms with Crippen LogP contribution in [0.5, 0.6) is 0 Å². The number of halogens is 2. The Morgan fingerprint density at radius 3 is 1.40 bits per heavy atom. The van der Waals surface area contributed by atoms with Crippen molar-refractivity contribution in [1.29, 1.82) is 0 Å². The van der Waals surface area contributed by atoms with Crippen LogP contribution in [0.15, 0.2) is 170 Å². The number of ether oxygens (including phenoxy) is 2. The van der Waals surface area contributed by atoms with Crippen LogP contribution >= 0.6 is 0 Å². The number of aryl methyl sites for hydroxylation is 2. The summed E-state index contributed by atoms with van der Waals surface area (Å²) >= 11 is 0. The fourth-order valence-corrected chi connectivity index (χ4v) is 10.9. The number of hydrogen-bond donors (Lipinski definition) is 2. The zero-order chi connectivity index (χ0) is 65.6. The van der Waals surface area contributed by atoms with Gasteiger partial charge in [0.05, 0.1) is 34.6 Å². The number of rotatable bonds is 12. The molecule has 6 aromatic carbocycles. The molecule has 468 valence electrons. The Balaban J connectivity index is 0.000000188. The van der Waals surface area contributed by atoms with Crippen LogP contribution < -0.4 is 10.6 Å². The van der Waals surface area contributed by atoms with E-state index in [2.05, 4.69) is 31.0 Å². The first-order chi connectivity index (χ1) is 43.7. The average molecular weight is 1240 g/mol. The van der Waals surface area contributed by atoms with Gasteiger partial charge in [-0.2, -0.15) is 14.8 Å². The third-order valence-corrected chi connectivity index (χ3v) is 16.1. The second kappa shape index (κ2) is 24.6. The number of benzene rings is 6. The van der Waals surface area contributed by atoms with E-state index in [0.717, 1.165) is 63.3 Å². The van der Waals surface area contributed by atoms with Crippen molar-refractivity contribution < 1.29 is 47.0 Å². The van der Waals surface area contributed by atoms with Gasteiger partial charge in [0.25, 0.3) is 23.6 Å². The number of nitrogens with one attached hydrogen (secondary N) is 2. The number of imide groups is 2. The SMILES string of the molecule is Cc1ccc(C(=O)NC2(c3ccccc3)CC2)cc1-c1ccnn2nc(-c3ccc(F)cc3)c(C(=O)N(C)C(=O)OC(C)(C)C)c12.Cc1ccc(C(=O)NC2(c3ccccc3)CC2)cc1-c1cnn2nc(-c3ccc(F)cc3)c(C(=O)N(C)C(=O)OC(C)(C)C)c2c1. The van der Waals surface area contributed by atoms with Crippen molar-refractivity contribution in [3.63, 3.8) is 0 Å². The molecule has 2 aliphatic carbocycles. The predicted octanol–water partition coefficient (Wildman–Crippen LogP) is 13.9. The Morgan fingerprint density at radius 2 is 0.935 bits per heavy atom. The maximum absolute atomic E-state index is 14.2. The van der Waals surface area contributed by atoms with Crippen molar-refractivity contribution in [1.82, 2.24) is 50.1 Å². The molecule has 0 aliphatic heterocycles. The van der Waals surface area contributed by atoms with E-state index in [-0.39, 0.29) is 39.9 Å². The van der Waals surface area contributed by atoms with Gasteiger partial charge < -0.3 is 20.1 Å². The van der Waals surface area contributed by atoms with Crippen LogP contribution in [0.1, 0.15) is 131 Å². The first-order valence-corrected chi connectivity index (χ1v) is 30.0. The molecule has 4 heterocycles. The molecular formula is C72H68F2N10O8. The molecule has 12 rings (SSSR count). The third-order valence-electron chi connectivity index (χ3n) is 16.1. The van der Waals surface area contributed by atoms with Crippen molar-refractivity contribution in [2.45, 2.75) is 103 Å². The molecule has 6 amide bonds. The standard InChI is InChI=1S/2C36H34FN5O4/c1-22-11-12-24(32(43)39-36(18-19-36)25-9-7-6-8-10-25)21-28(22)27-17-20-38-42-31(27)29(30(40-42)23-13-15-26(37)16-14-23)33(44)41(5)34(45)46-35(2,3)4;1-22-11-12-24(32(43)39-36(17-18-36)26-9-7-6-8-10-26)19-28(22)25-20-29-30(33(44)41(5)34(45)46-35(2,3)4)31(40-42(29)38-21-25)23-13-15-27(37)16-14-23/h6-17,20-21H,18-19H2,1-5H3,(H,39,43);6-16,19-21H,17-18H2,1-5H3,(H,39,43). The highest BCUT2D eigenvalue weighted by molar-refractivity contribution is 6.14. The highest BCUT2D eigenvalue weighted by Gasteiger charge is 2.47. The van der Waals surface area contributed by atoms with Gasteiger partial charge in [-0.1, -0.05) is 72.8 Å². The molecule has 0 radical (unpaired) electrons. The van der Waals surface area contributed by atoms with Gasteiger partial charge in [0.15, 0.2) is 0 Å². The summed E-state index contributed by atoms with van der Waals surface area (Å²) in [6, 6.07) is 45.4. The molecule has 2 N–H and O–H groups in total. The van der Waals surface area contributed by atoms with Gasteiger partial charge in [-0.05, 0) is 199 Å². The van der Waals surface area contributed by atoms with Crippen molar-refractivity contribution >= 4 is 46.8 Å². The number of amides is 6. The number of nitrogens with zero attached hydrogens (tertiary/aromatic N) is 8. The molecule has 0 bridgehead atoms. The van der Waals surface area contributed by atoms with Gasteiger partial charge in [0.2, 0.25) is 0 Å². The number of fused-ring (bicyclic) bond motifs is 2. The Labute approximate surface area is 530 Å². The van der Waals surface area contributed by atoms with Gasteiger partial charge in [-0.15, -0.1) is 14.8 Å². The summed E-state index contributed by atoms with van der Waals surface area (Å²) < 4.78 is 41.2. The summed E-state index contributed by atoms with van der Waals surface area (Å²) in [7, 11) is 2.67. The first kappa shape index (κ1) is 62.8. The number of carbonyl (C=O) groups excluding carboxylic acids is 6. The predicted molar refractivity (Wildman–Crippen MR) is 343 cm³/mol. The van der Waals surface area contributed by atoms with Crippen LogP contribution in [0.4, 0.5) is 18.4 Å². The lowest BCUT2D eigenvalue weighted by molar-refractivity contribution is 0.0268. The van der Waals surface area contributed by atoms with Crippen LogP contribution in [0.25, 0.3) is 55.8 Å². The minimum atomic E-state index is -0.838. The fourth-order valence-electron chi connectivity index (χ4n) is 10.9. The second-order valence-electron chi connectivity index (χ2n) is 25.2. The van der Waals surface area contributed by atoms with Gasteiger partial charge in [0.1, 0.15) is 45.3 Å². The average Bonchev–Trinajstić information content (AvgIpc) is 1.61. The summed E-state index contributed by atoms with van der Waals surface area (Å²) in [5.74, 6) is -2.63. The molecule has 2 fully saturated rings. The van der Waals surface area contributed by atoms with E-state index in [9.17, 15) is 37.5 Å². The molecule has 20 heteroatoms. The van der Waals surface area contributed by atoms with Crippen molar-refractivity contribution in [3.8, 4) is 44.8 Å². The molecular weight excluding hydrogens is 1170 g/mol. The van der Waals surface area contributed by atoms with Crippen LogP contribution in [-0.4, -0.2) is 101 Å². The van der Waals surface area contributed by atoms with Crippen molar-refractivity contribution in [2.24, 2.45) is 0 Å². The monoisotopic (exact) mass is 1240 g/mol. The van der Waals surface area contributed by atoms with E-state index in [1.54, 1.807) is 84.3 Å². The van der Waals surface area contributed by atoms with Crippen LogP contribution in [0, 0.1) is 25.5 Å². The fraction of sp³-hybridized carbons (Fsp3) is 0.250. The first-order valence-electron chi connectivity index (χ1n) is 30.0. The molecule has 18 nitrogen and oxygen atoms in total. The minimum absolute atomic E-state index is 0.0818. The summed E-state index contributed by atoms with van der Waals surface area (Å²) in [5, 5.41) is 24.5.